The molecule has 1 N–H and O–H groups in total. The monoisotopic (exact) mass is 242 g/mol. The molecule has 0 saturated heterocycles. The van der Waals surface area contributed by atoms with Crippen molar-refractivity contribution in [1.29, 1.82) is 0 Å². The fourth-order valence-corrected chi connectivity index (χ4v) is 1.51. The molecule has 0 aliphatic rings. The first-order valence-corrected chi connectivity index (χ1v) is 5.69. The SMILES string of the molecule is CC(O)c1ccc(CCCBr)cc1. The third-order valence-electron chi connectivity index (χ3n) is 2.06. The molecular weight excluding hydrogens is 228 g/mol. The van der Waals surface area contributed by atoms with Gasteiger partial charge in [0.15, 0.2) is 0 Å². The summed E-state index contributed by atoms with van der Waals surface area (Å²) in [4.78, 5) is 0. The van der Waals surface area contributed by atoms with Gasteiger partial charge in [0.2, 0.25) is 0 Å². The zero-order valence-electron chi connectivity index (χ0n) is 7.83. The molecule has 2 heteroatoms. The summed E-state index contributed by atoms with van der Waals surface area (Å²) in [7, 11) is 0. The van der Waals surface area contributed by atoms with E-state index in [2.05, 4.69) is 28.1 Å². The Balaban J connectivity index is 2.59. The molecule has 0 amide bonds. The summed E-state index contributed by atoms with van der Waals surface area (Å²) in [6.45, 7) is 1.79. The fraction of sp³-hybridized carbons (Fsp3) is 0.455. The van der Waals surface area contributed by atoms with Gasteiger partial charge in [-0.15, -0.1) is 0 Å². The van der Waals surface area contributed by atoms with Crippen LogP contribution in [0, 0.1) is 0 Å². The van der Waals surface area contributed by atoms with E-state index in [4.69, 9.17) is 0 Å². The highest BCUT2D eigenvalue weighted by Crippen LogP contribution is 2.13. The van der Waals surface area contributed by atoms with Crippen molar-refractivity contribution in [3.63, 3.8) is 0 Å². The normalized spacial score (nSPS) is 12.8. The zero-order chi connectivity index (χ0) is 9.68. The molecule has 0 saturated carbocycles. The van der Waals surface area contributed by atoms with Gasteiger partial charge in [0.25, 0.3) is 0 Å². The van der Waals surface area contributed by atoms with Crippen molar-refractivity contribution < 1.29 is 5.11 Å². The van der Waals surface area contributed by atoms with Gasteiger partial charge in [-0.05, 0) is 30.9 Å². The molecule has 0 aromatic heterocycles. The molecule has 1 atom stereocenters. The Bertz CT molecular complexity index is 241. The van der Waals surface area contributed by atoms with Gasteiger partial charge in [-0.3, -0.25) is 0 Å². The molecule has 0 bridgehead atoms. The Morgan fingerprint density at radius 1 is 1.31 bits per heavy atom. The van der Waals surface area contributed by atoms with E-state index >= 15 is 0 Å². The van der Waals surface area contributed by atoms with Gasteiger partial charge in [-0.1, -0.05) is 40.2 Å². The summed E-state index contributed by atoms with van der Waals surface area (Å²) in [5, 5.41) is 10.3. The van der Waals surface area contributed by atoms with E-state index in [0.717, 1.165) is 23.7 Å². The molecule has 1 aromatic carbocycles. The maximum atomic E-state index is 9.28. The highest BCUT2D eigenvalue weighted by Gasteiger charge is 1.99. The number of benzene rings is 1. The number of alkyl halides is 1. The maximum Gasteiger partial charge on any atom is 0.0761 e. The average molecular weight is 243 g/mol. The quantitative estimate of drug-likeness (QED) is 0.806. The lowest BCUT2D eigenvalue weighted by atomic mass is 10.1. The van der Waals surface area contributed by atoms with Crippen molar-refractivity contribution in [3.05, 3.63) is 35.4 Å². The van der Waals surface area contributed by atoms with Crippen LogP contribution in [0.4, 0.5) is 0 Å². The van der Waals surface area contributed by atoms with Crippen molar-refractivity contribution >= 4 is 15.9 Å². The molecule has 13 heavy (non-hydrogen) atoms. The van der Waals surface area contributed by atoms with Crippen LogP contribution in [0.5, 0.6) is 0 Å². The summed E-state index contributed by atoms with van der Waals surface area (Å²) < 4.78 is 0. The van der Waals surface area contributed by atoms with E-state index in [1.807, 2.05) is 12.1 Å². The van der Waals surface area contributed by atoms with Crippen LogP contribution in [0.25, 0.3) is 0 Å². The van der Waals surface area contributed by atoms with E-state index in [1.54, 1.807) is 6.92 Å². The van der Waals surface area contributed by atoms with Crippen LogP contribution in [0.2, 0.25) is 0 Å². The minimum atomic E-state index is -0.356. The van der Waals surface area contributed by atoms with E-state index in [0.29, 0.717) is 0 Å². The van der Waals surface area contributed by atoms with Crippen LogP contribution < -0.4 is 0 Å². The Hall–Kier alpha value is -0.340. The molecule has 0 aliphatic carbocycles. The van der Waals surface area contributed by atoms with Crippen molar-refractivity contribution in [2.24, 2.45) is 0 Å². The molecule has 1 unspecified atom stereocenters. The smallest absolute Gasteiger partial charge is 0.0761 e. The molecule has 1 nitrogen and oxygen atoms in total. The summed E-state index contributed by atoms with van der Waals surface area (Å²) in [6.07, 6.45) is 1.91. The molecule has 0 spiro atoms. The number of rotatable bonds is 4. The first-order chi connectivity index (χ1) is 6.24. The first-order valence-electron chi connectivity index (χ1n) is 4.57. The van der Waals surface area contributed by atoms with Crippen LogP contribution in [0.3, 0.4) is 0 Å². The van der Waals surface area contributed by atoms with Crippen LogP contribution in [0.1, 0.15) is 30.6 Å². The molecule has 0 heterocycles. The lowest BCUT2D eigenvalue weighted by molar-refractivity contribution is 0.199. The number of halogens is 1. The molecule has 1 aromatic rings. The fourth-order valence-electron chi connectivity index (χ4n) is 1.23. The summed E-state index contributed by atoms with van der Waals surface area (Å²) >= 11 is 3.40. The number of hydrogen-bond acceptors (Lipinski definition) is 1. The van der Waals surface area contributed by atoms with Gasteiger partial charge in [-0.2, -0.15) is 0 Å². The predicted molar refractivity (Wildman–Crippen MR) is 59.2 cm³/mol. The minimum Gasteiger partial charge on any atom is -0.389 e. The highest BCUT2D eigenvalue weighted by atomic mass is 79.9. The minimum absolute atomic E-state index is 0.356. The Morgan fingerprint density at radius 2 is 1.92 bits per heavy atom. The van der Waals surface area contributed by atoms with Gasteiger partial charge < -0.3 is 5.11 Å². The molecule has 0 radical (unpaired) electrons. The van der Waals surface area contributed by atoms with Crippen LogP contribution in [0.15, 0.2) is 24.3 Å². The Labute approximate surface area is 87.9 Å². The van der Waals surface area contributed by atoms with Gasteiger partial charge in [-0.25, -0.2) is 0 Å². The van der Waals surface area contributed by atoms with Crippen LogP contribution in [-0.4, -0.2) is 10.4 Å². The zero-order valence-corrected chi connectivity index (χ0v) is 9.42. The van der Waals surface area contributed by atoms with Crippen molar-refractivity contribution in [3.8, 4) is 0 Å². The third-order valence-corrected chi connectivity index (χ3v) is 2.62. The summed E-state index contributed by atoms with van der Waals surface area (Å²) in [6, 6.07) is 8.16. The lowest BCUT2D eigenvalue weighted by Gasteiger charge is -2.05. The molecule has 0 aliphatic heterocycles. The molecular formula is C11H15BrO. The topological polar surface area (TPSA) is 20.2 Å². The standard InChI is InChI=1S/C11H15BrO/c1-9(13)11-6-4-10(5-7-11)3-2-8-12/h4-7,9,13H,2-3,8H2,1H3. The molecule has 0 fully saturated rings. The van der Waals surface area contributed by atoms with E-state index < -0.39 is 0 Å². The van der Waals surface area contributed by atoms with E-state index in [9.17, 15) is 5.11 Å². The number of aryl methyl sites for hydroxylation is 1. The number of aliphatic hydroxyl groups excluding tert-OH is 1. The second-order valence-corrected chi connectivity index (χ2v) is 4.00. The largest absolute Gasteiger partial charge is 0.389 e. The number of hydrogen-bond donors (Lipinski definition) is 1. The van der Waals surface area contributed by atoms with Crippen LogP contribution >= 0.6 is 15.9 Å². The second-order valence-electron chi connectivity index (χ2n) is 3.21. The summed E-state index contributed by atoms with van der Waals surface area (Å²) in [5.74, 6) is 0. The van der Waals surface area contributed by atoms with Gasteiger partial charge in [0, 0.05) is 5.33 Å². The predicted octanol–water partition coefficient (Wildman–Crippen LogP) is 3.07. The molecule has 1 rings (SSSR count). The molecule has 72 valence electrons. The maximum absolute atomic E-state index is 9.28. The average Bonchev–Trinajstić information content (AvgIpc) is 2.15. The van der Waals surface area contributed by atoms with Gasteiger partial charge >= 0.3 is 0 Å². The first kappa shape index (κ1) is 10.7. The highest BCUT2D eigenvalue weighted by molar-refractivity contribution is 9.09. The van der Waals surface area contributed by atoms with Crippen molar-refractivity contribution in [2.45, 2.75) is 25.9 Å². The van der Waals surface area contributed by atoms with Gasteiger partial charge in [0.1, 0.15) is 0 Å². The van der Waals surface area contributed by atoms with Gasteiger partial charge in [0.05, 0.1) is 6.10 Å². The lowest BCUT2D eigenvalue weighted by Crippen LogP contribution is -1.92. The van der Waals surface area contributed by atoms with Crippen LogP contribution in [-0.2, 0) is 6.42 Å². The Morgan fingerprint density at radius 3 is 2.38 bits per heavy atom. The summed E-state index contributed by atoms with van der Waals surface area (Å²) in [5.41, 5.74) is 2.33. The van der Waals surface area contributed by atoms with E-state index in [1.165, 1.54) is 5.56 Å². The van der Waals surface area contributed by atoms with E-state index in [-0.39, 0.29) is 6.10 Å². The third kappa shape index (κ3) is 3.49. The van der Waals surface area contributed by atoms with Crippen molar-refractivity contribution in [2.75, 3.05) is 5.33 Å². The second kappa shape index (κ2) is 5.40. The Kier molecular flexibility index (Phi) is 4.46. The van der Waals surface area contributed by atoms with Crippen molar-refractivity contribution in [1.82, 2.24) is 0 Å². The number of aliphatic hydroxyl groups is 1.